The molecule has 0 saturated heterocycles. The molecule has 0 aromatic carbocycles. The highest BCUT2D eigenvalue weighted by atomic mass is 16.5. The zero-order valence-electron chi connectivity index (χ0n) is 12.4. The van der Waals surface area contributed by atoms with E-state index in [-0.39, 0.29) is 0 Å². The van der Waals surface area contributed by atoms with Crippen LogP contribution in [0.2, 0.25) is 0 Å². The molecular formula is C15H31NO2. The van der Waals surface area contributed by atoms with Gasteiger partial charge in [0, 0.05) is 19.8 Å². The van der Waals surface area contributed by atoms with Crippen LogP contribution in [0.15, 0.2) is 0 Å². The smallest absolute Gasteiger partial charge is 0.0700 e. The third-order valence-electron chi connectivity index (χ3n) is 4.32. The maximum absolute atomic E-state index is 6.24. The van der Waals surface area contributed by atoms with Gasteiger partial charge in [0.25, 0.3) is 0 Å². The second-order valence-corrected chi connectivity index (χ2v) is 5.99. The van der Waals surface area contributed by atoms with Crippen molar-refractivity contribution in [1.82, 2.24) is 0 Å². The maximum atomic E-state index is 6.24. The van der Waals surface area contributed by atoms with Gasteiger partial charge in [0.2, 0.25) is 0 Å². The molecule has 18 heavy (non-hydrogen) atoms. The first kappa shape index (κ1) is 15.9. The van der Waals surface area contributed by atoms with E-state index in [1.165, 1.54) is 25.7 Å². The minimum Gasteiger partial charge on any atom is -0.382 e. The van der Waals surface area contributed by atoms with Crippen molar-refractivity contribution in [3.05, 3.63) is 0 Å². The zero-order valence-corrected chi connectivity index (χ0v) is 12.4. The highest BCUT2D eigenvalue weighted by Crippen LogP contribution is 2.35. The highest BCUT2D eigenvalue weighted by Gasteiger charge is 2.29. The van der Waals surface area contributed by atoms with E-state index in [4.69, 9.17) is 15.2 Å². The Morgan fingerprint density at radius 1 is 1.17 bits per heavy atom. The summed E-state index contributed by atoms with van der Waals surface area (Å²) in [6.45, 7) is 6.93. The molecule has 3 unspecified atom stereocenters. The molecule has 1 rings (SSSR count). The lowest BCUT2D eigenvalue weighted by molar-refractivity contribution is 0.0644. The van der Waals surface area contributed by atoms with Gasteiger partial charge < -0.3 is 15.2 Å². The second kappa shape index (κ2) is 8.89. The predicted octanol–water partition coefficient (Wildman–Crippen LogP) is 2.83. The lowest BCUT2D eigenvalue weighted by atomic mass is 9.72. The van der Waals surface area contributed by atoms with Crippen LogP contribution in [0.3, 0.4) is 0 Å². The van der Waals surface area contributed by atoms with Gasteiger partial charge in [0.1, 0.15) is 0 Å². The Bertz CT molecular complexity index is 209. The van der Waals surface area contributed by atoms with Crippen LogP contribution < -0.4 is 5.73 Å². The molecule has 3 heteroatoms. The van der Waals surface area contributed by atoms with Crippen molar-refractivity contribution in [2.45, 2.75) is 52.0 Å². The van der Waals surface area contributed by atoms with Crippen LogP contribution in [-0.2, 0) is 9.47 Å². The van der Waals surface area contributed by atoms with Gasteiger partial charge in [0.15, 0.2) is 0 Å². The molecule has 2 N–H and O–H groups in total. The van der Waals surface area contributed by atoms with E-state index in [2.05, 4.69) is 13.8 Å². The fraction of sp³-hybridized carbons (Fsp3) is 1.00. The van der Waals surface area contributed by atoms with Crippen LogP contribution in [0.5, 0.6) is 0 Å². The number of ether oxygens (including phenoxy) is 2. The van der Waals surface area contributed by atoms with E-state index < -0.39 is 0 Å². The van der Waals surface area contributed by atoms with Gasteiger partial charge in [-0.05, 0) is 49.9 Å². The molecule has 0 radical (unpaired) electrons. The minimum atomic E-state index is 0.416. The summed E-state index contributed by atoms with van der Waals surface area (Å²) in [5.74, 6) is 2.39. The molecule has 1 aliphatic rings. The zero-order chi connectivity index (χ0) is 13.4. The summed E-state index contributed by atoms with van der Waals surface area (Å²) >= 11 is 0. The molecule has 0 amide bonds. The van der Waals surface area contributed by atoms with Crippen molar-refractivity contribution in [2.75, 3.05) is 26.9 Å². The highest BCUT2D eigenvalue weighted by molar-refractivity contribution is 4.83. The number of hydrogen-bond acceptors (Lipinski definition) is 3. The first-order valence-electron chi connectivity index (χ1n) is 7.47. The molecule has 0 aromatic rings. The summed E-state index contributed by atoms with van der Waals surface area (Å²) < 4.78 is 10.5. The summed E-state index contributed by atoms with van der Waals surface area (Å²) in [5.41, 5.74) is 6.24. The first-order chi connectivity index (χ1) is 8.65. The van der Waals surface area contributed by atoms with E-state index in [0.29, 0.717) is 25.2 Å². The van der Waals surface area contributed by atoms with E-state index in [1.807, 2.05) is 0 Å². The Labute approximate surface area is 112 Å². The molecule has 1 aliphatic carbocycles. The van der Waals surface area contributed by atoms with Crippen LogP contribution in [0.1, 0.15) is 46.0 Å². The molecular weight excluding hydrogens is 226 g/mol. The lowest BCUT2D eigenvalue weighted by Crippen LogP contribution is -2.37. The van der Waals surface area contributed by atoms with Crippen molar-refractivity contribution in [2.24, 2.45) is 23.5 Å². The number of methoxy groups -OCH3 is 1. The van der Waals surface area contributed by atoms with E-state index in [1.54, 1.807) is 7.11 Å². The lowest BCUT2D eigenvalue weighted by Gasteiger charge is -2.36. The Hall–Kier alpha value is -0.120. The molecule has 1 saturated carbocycles. The number of hydrogen-bond donors (Lipinski definition) is 1. The van der Waals surface area contributed by atoms with Crippen LogP contribution in [-0.4, -0.2) is 33.0 Å². The molecule has 3 nitrogen and oxygen atoms in total. The Morgan fingerprint density at radius 3 is 2.61 bits per heavy atom. The topological polar surface area (TPSA) is 44.5 Å². The van der Waals surface area contributed by atoms with Crippen molar-refractivity contribution in [3.63, 3.8) is 0 Å². The summed E-state index contributed by atoms with van der Waals surface area (Å²) in [4.78, 5) is 0. The van der Waals surface area contributed by atoms with E-state index in [0.717, 1.165) is 24.9 Å². The average molecular weight is 257 g/mol. The third kappa shape index (κ3) is 5.68. The summed E-state index contributed by atoms with van der Waals surface area (Å²) in [7, 11) is 1.70. The van der Waals surface area contributed by atoms with Gasteiger partial charge >= 0.3 is 0 Å². The van der Waals surface area contributed by atoms with Crippen molar-refractivity contribution in [3.8, 4) is 0 Å². The van der Waals surface area contributed by atoms with Crippen molar-refractivity contribution in [1.29, 1.82) is 0 Å². The predicted molar refractivity (Wildman–Crippen MR) is 75.6 cm³/mol. The van der Waals surface area contributed by atoms with E-state index in [9.17, 15) is 0 Å². The molecule has 0 aromatic heterocycles. The number of rotatable bonds is 8. The molecule has 0 spiro atoms. The quantitative estimate of drug-likeness (QED) is 0.680. The number of nitrogens with two attached hydrogens (primary N) is 1. The Balaban J connectivity index is 2.15. The van der Waals surface area contributed by atoms with Crippen molar-refractivity contribution < 1.29 is 9.47 Å². The molecule has 1 fully saturated rings. The van der Waals surface area contributed by atoms with Gasteiger partial charge in [-0.3, -0.25) is 0 Å². The van der Waals surface area contributed by atoms with Gasteiger partial charge in [-0.2, -0.15) is 0 Å². The van der Waals surface area contributed by atoms with Crippen molar-refractivity contribution >= 4 is 0 Å². The molecule has 108 valence electrons. The van der Waals surface area contributed by atoms with Crippen LogP contribution in [0.4, 0.5) is 0 Å². The van der Waals surface area contributed by atoms with Crippen LogP contribution in [0, 0.1) is 17.8 Å². The van der Waals surface area contributed by atoms with Gasteiger partial charge in [-0.25, -0.2) is 0 Å². The van der Waals surface area contributed by atoms with Gasteiger partial charge in [-0.1, -0.05) is 13.8 Å². The fourth-order valence-electron chi connectivity index (χ4n) is 2.95. The third-order valence-corrected chi connectivity index (χ3v) is 4.32. The van der Waals surface area contributed by atoms with Gasteiger partial charge in [0.05, 0.1) is 13.2 Å². The fourth-order valence-corrected chi connectivity index (χ4v) is 2.95. The molecule has 0 heterocycles. The first-order valence-corrected chi connectivity index (χ1v) is 7.47. The summed E-state index contributed by atoms with van der Waals surface area (Å²) in [5, 5.41) is 0. The van der Waals surface area contributed by atoms with Crippen LogP contribution >= 0.6 is 0 Å². The summed E-state index contributed by atoms with van der Waals surface area (Å²) in [6.07, 6.45) is 6.19. The molecule has 0 bridgehead atoms. The monoisotopic (exact) mass is 257 g/mol. The average Bonchev–Trinajstić information content (AvgIpc) is 2.35. The summed E-state index contributed by atoms with van der Waals surface area (Å²) in [6, 6.07) is 0.416. The van der Waals surface area contributed by atoms with Crippen LogP contribution in [0.25, 0.3) is 0 Å². The van der Waals surface area contributed by atoms with E-state index >= 15 is 0 Å². The minimum absolute atomic E-state index is 0.416. The standard InChI is InChI=1S/C15H31NO2/c1-12(2)13-6-7-15(16)14(11-13)5-4-8-18-10-9-17-3/h12-15H,4-11,16H2,1-3H3. The SMILES string of the molecule is COCCOCCCC1CC(C(C)C)CCC1N. The Morgan fingerprint density at radius 2 is 1.94 bits per heavy atom. The molecule has 3 atom stereocenters. The Kier molecular flexibility index (Phi) is 7.87. The largest absolute Gasteiger partial charge is 0.382 e. The van der Waals surface area contributed by atoms with Gasteiger partial charge in [-0.15, -0.1) is 0 Å². The second-order valence-electron chi connectivity index (χ2n) is 5.99. The molecule has 0 aliphatic heterocycles. The normalized spacial score (nSPS) is 28.8. The maximum Gasteiger partial charge on any atom is 0.0700 e.